The minimum atomic E-state index is 0.0891. The third-order valence-corrected chi connectivity index (χ3v) is 3.50. The predicted molar refractivity (Wildman–Crippen MR) is 81.0 cm³/mol. The van der Waals surface area contributed by atoms with Crippen LogP contribution in [0.4, 0.5) is 0 Å². The van der Waals surface area contributed by atoms with Gasteiger partial charge in [-0.05, 0) is 24.3 Å². The largest absolute Gasteiger partial charge is 0.393 e. The van der Waals surface area contributed by atoms with Gasteiger partial charge >= 0.3 is 5.82 Å². The summed E-state index contributed by atoms with van der Waals surface area (Å²) < 4.78 is 3.96. The van der Waals surface area contributed by atoms with E-state index in [1.165, 1.54) is 0 Å². The van der Waals surface area contributed by atoms with E-state index in [0.29, 0.717) is 6.54 Å². The van der Waals surface area contributed by atoms with Crippen LogP contribution in [0.2, 0.25) is 0 Å². The topological polar surface area (TPSA) is 41.9 Å². The van der Waals surface area contributed by atoms with Crippen LogP contribution in [0.25, 0.3) is 17.1 Å². The highest BCUT2D eigenvalue weighted by Gasteiger charge is 2.24. The van der Waals surface area contributed by atoms with Crippen LogP contribution in [0.5, 0.6) is 0 Å². The molecule has 3 aromatic rings. The van der Waals surface area contributed by atoms with Gasteiger partial charge in [-0.3, -0.25) is 0 Å². The Bertz CT molecular complexity index is 721. The van der Waals surface area contributed by atoms with Crippen molar-refractivity contribution in [2.75, 3.05) is 6.61 Å². The summed E-state index contributed by atoms with van der Waals surface area (Å²) in [5.74, 6) is 1.86. The van der Waals surface area contributed by atoms with Crippen molar-refractivity contribution in [2.24, 2.45) is 0 Å². The number of aromatic nitrogens is 3. The van der Waals surface area contributed by atoms with E-state index in [4.69, 9.17) is 5.10 Å². The van der Waals surface area contributed by atoms with Crippen LogP contribution in [0.1, 0.15) is 5.82 Å². The van der Waals surface area contributed by atoms with Crippen molar-refractivity contribution in [2.45, 2.75) is 13.5 Å². The fourth-order valence-electron chi connectivity index (χ4n) is 2.47. The molecule has 0 fully saturated rings. The minimum absolute atomic E-state index is 0.0891. The molecule has 0 atom stereocenters. The zero-order valence-electron chi connectivity index (χ0n) is 12.0. The lowest BCUT2D eigenvalue weighted by Crippen LogP contribution is -2.39. The molecular weight excluding hydrogens is 262 g/mol. The Hall–Kier alpha value is -2.46. The Kier molecular flexibility index (Phi) is 3.79. The summed E-state index contributed by atoms with van der Waals surface area (Å²) in [5, 5.41) is 14.1. The Morgan fingerprint density at radius 3 is 2.24 bits per heavy atom. The van der Waals surface area contributed by atoms with E-state index in [9.17, 15) is 5.11 Å². The summed E-state index contributed by atoms with van der Waals surface area (Å²) in [6.07, 6.45) is 0. The zero-order chi connectivity index (χ0) is 14.7. The van der Waals surface area contributed by atoms with Gasteiger partial charge in [-0.1, -0.05) is 41.1 Å². The van der Waals surface area contributed by atoms with Crippen LogP contribution in [-0.2, 0) is 6.54 Å². The number of para-hydroxylation sites is 1. The second-order valence-corrected chi connectivity index (χ2v) is 4.86. The van der Waals surface area contributed by atoms with Gasteiger partial charge in [0.15, 0.2) is 0 Å². The molecular formula is C17H18N3O+. The van der Waals surface area contributed by atoms with Gasteiger partial charge in [-0.15, -0.1) is 0 Å². The summed E-state index contributed by atoms with van der Waals surface area (Å²) in [6, 6.07) is 20.1. The zero-order valence-corrected chi connectivity index (χ0v) is 12.0. The number of rotatable bonds is 4. The fourth-order valence-corrected chi connectivity index (χ4v) is 2.47. The third kappa shape index (κ3) is 2.58. The van der Waals surface area contributed by atoms with E-state index >= 15 is 0 Å². The molecule has 106 valence electrons. The molecule has 1 N–H and O–H groups in total. The van der Waals surface area contributed by atoms with Crippen molar-refractivity contribution in [1.82, 2.24) is 9.78 Å². The van der Waals surface area contributed by atoms with E-state index in [1.54, 1.807) is 0 Å². The molecule has 0 aliphatic rings. The van der Waals surface area contributed by atoms with E-state index in [0.717, 1.165) is 22.9 Å². The van der Waals surface area contributed by atoms with E-state index in [-0.39, 0.29) is 6.61 Å². The molecule has 0 aliphatic carbocycles. The van der Waals surface area contributed by atoms with Crippen molar-refractivity contribution >= 4 is 0 Å². The Balaban J connectivity index is 2.16. The lowest BCUT2D eigenvalue weighted by atomic mass is 10.2. The SMILES string of the molecule is Cc1n(-c2ccccc2)nc(-c2ccccc2)[n+]1CCO. The lowest BCUT2D eigenvalue weighted by Gasteiger charge is -2.00. The second kappa shape index (κ2) is 5.89. The van der Waals surface area contributed by atoms with Gasteiger partial charge in [0.25, 0.3) is 0 Å². The van der Waals surface area contributed by atoms with Crippen LogP contribution in [-0.4, -0.2) is 21.5 Å². The van der Waals surface area contributed by atoms with Crippen LogP contribution < -0.4 is 4.57 Å². The first kappa shape index (κ1) is 13.5. The maximum absolute atomic E-state index is 9.34. The van der Waals surface area contributed by atoms with Crippen molar-refractivity contribution in [3.05, 3.63) is 66.5 Å². The van der Waals surface area contributed by atoms with Crippen LogP contribution >= 0.6 is 0 Å². The first-order valence-corrected chi connectivity index (χ1v) is 7.02. The van der Waals surface area contributed by atoms with Gasteiger partial charge in [0.05, 0.1) is 23.8 Å². The molecule has 2 aromatic carbocycles. The molecule has 0 unspecified atom stereocenters. The molecule has 0 spiro atoms. The Labute approximate surface area is 123 Å². The van der Waals surface area contributed by atoms with Crippen molar-refractivity contribution in [3.63, 3.8) is 0 Å². The quantitative estimate of drug-likeness (QED) is 0.744. The standard InChI is InChI=1S/C17H18N3O/c1-14-19(12-13-21)17(15-8-4-2-5-9-15)18-20(14)16-10-6-3-7-11-16/h2-11,21H,12-13H2,1H3/q+1. The van der Waals surface area contributed by atoms with Gasteiger partial charge in [0.1, 0.15) is 5.69 Å². The lowest BCUT2D eigenvalue weighted by molar-refractivity contribution is -0.694. The molecule has 0 aliphatic heterocycles. The summed E-state index contributed by atoms with van der Waals surface area (Å²) in [5.41, 5.74) is 2.06. The Morgan fingerprint density at radius 1 is 1.00 bits per heavy atom. The molecule has 0 saturated heterocycles. The second-order valence-electron chi connectivity index (χ2n) is 4.86. The smallest absolute Gasteiger partial charge is 0.309 e. The number of hydrogen-bond donors (Lipinski definition) is 1. The van der Waals surface area contributed by atoms with E-state index in [2.05, 4.69) is 0 Å². The molecule has 0 amide bonds. The molecule has 3 rings (SSSR count). The van der Waals surface area contributed by atoms with Gasteiger partial charge in [0, 0.05) is 6.92 Å². The van der Waals surface area contributed by atoms with Crippen LogP contribution in [0.3, 0.4) is 0 Å². The molecule has 0 radical (unpaired) electrons. The first-order valence-electron chi connectivity index (χ1n) is 7.02. The van der Waals surface area contributed by atoms with Crippen molar-refractivity contribution < 1.29 is 9.67 Å². The molecule has 1 heterocycles. The normalized spacial score (nSPS) is 10.8. The van der Waals surface area contributed by atoms with E-state index < -0.39 is 0 Å². The summed E-state index contributed by atoms with van der Waals surface area (Å²) in [7, 11) is 0. The highest BCUT2D eigenvalue weighted by molar-refractivity contribution is 5.51. The van der Waals surface area contributed by atoms with Gasteiger partial charge in [0.2, 0.25) is 5.82 Å². The minimum Gasteiger partial charge on any atom is -0.393 e. The molecule has 0 saturated carbocycles. The number of nitrogens with zero attached hydrogens (tertiary/aromatic N) is 3. The molecule has 21 heavy (non-hydrogen) atoms. The summed E-state index contributed by atoms with van der Waals surface area (Å²) >= 11 is 0. The molecule has 0 bridgehead atoms. The van der Waals surface area contributed by atoms with Gasteiger partial charge < -0.3 is 5.11 Å². The fraction of sp³-hybridized carbons (Fsp3) is 0.176. The number of benzene rings is 2. The average Bonchev–Trinajstić information content (AvgIpc) is 2.87. The maximum Gasteiger partial charge on any atom is 0.309 e. The summed E-state index contributed by atoms with van der Waals surface area (Å²) in [6.45, 7) is 2.64. The predicted octanol–water partition coefficient (Wildman–Crippen LogP) is 2.13. The third-order valence-electron chi connectivity index (χ3n) is 3.50. The van der Waals surface area contributed by atoms with E-state index in [1.807, 2.05) is 76.8 Å². The molecule has 4 heteroatoms. The average molecular weight is 280 g/mol. The maximum atomic E-state index is 9.34. The number of aliphatic hydroxyl groups is 1. The molecule has 1 aromatic heterocycles. The molecule has 4 nitrogen and oxygen atoms in total. The summed E-state index contributed by atoms with van der Waals surface area (Å²) in [4.78, 5) is 0. The van der Waals surface area contributed by atoms with Gasteiger partial charge in [-0.2, -0.15) is 0 Å². The first-order chi connectivity index (χ1) is 10.3. The highest BCUT2D eigenvalue weighted by Crippen LogP contribution is 2.16. The number of hydrogen-bond acceptors (Lipinski definition) is 2. The highest BCUT2D eigenvalue weighted by atomic mass is 16.3. The van der Waals surface area contributed by atoms with Crippen LogP contribution in [0.15, 0.2) is 60.7 Å². The van der Waals surface area contributed by atoms with Gasteiger partial charge in [-0.25, -0.2) is 4.57 Å². The monoisotopic (exact) mass is 280 g/mol. The number of aliphatic hydroxyl groups excluding tert-OH is 1. The van der Waals surface area contributed by atoms with Crippen molar-refractivity contribution in [3.8, 4) is 17.1 Å². The van der Waals surface area contributed by atoms with Crippen molar-refractivity contribution in [1.29, 1.82) is 0 Å². The van der Waals surface area contributed by atoms with Crippen LogP contribution in [0, 0.1) is 6.92 Å². The Morgan fingerprint density at radius 2 is 1.62 bits per heavy atom.